The molecule has 0 saturated heterocycles. The maximum Gasteiger partial charge on any atom is 0.123 e. The van der Waals surface area contributed by atoms with Crippen molar-refractivity contribution < 1.29 is 4.39 Å². The molecule has 20 heavy (non-hydrogen) atoms. The van der Waals surface area contributed by atoms with Crippen LogP contribution in [0.3, 0.4) is 0 Å². The molecule has 0 saturated carbocycles. The first-order valence-corrected chi connectivity index (χ1v) is 6.86. The van der Waals surface area contributed by atoms with Crippen molar-refractivity contribution in [2.24, 2.45) is 5.73 Å². The van der Waals surface area contributed by atoms with E-state index in [2.05, 4.69) is 24.3 Å². The Kier molecular flexibility index (Phi) is 4.79. The predicted octanol–water partition coefficient (Wildman–Crippen LogP) is 3.83. The summed E-state index contributed by atoms with van der Waals surface area (Å²) >= 11 is 0. The lowest BCUT2D eigenvalue weighted by molar-refractivity contribution is 0.619. The average Bonchev–Trinajstić information content (AvgIpc) is 2.58. The van der Waals surface area contributed by atoms with Crippen LogP contribution in [0, 0.1) is 5.82 Å². The third-order valence-electron chi connectivity index (χ3n) is 4.03. The van der Waals surface area contributed by atoms with Crippen molar-refractivity contribution >= 4 is 12.4 Å². The Balaban J connectivity index is 0.00000147. The number of fused-ring (bicyclic) bond motifs is 2. The van der Waals surface area contributed by atoms with Crippen molar-refractivity contribution in [3.8, 4) is 0 Å². The first-order valence-electron chi connectivity index (χ1n) is 6.86. The molecule has 2 aromatic carbocycles. The van der Waals surface area contributed by atoms with Crippen LogP contribution in [0.25, 0.3) is 0 Å². The first kappa shape index (κ1) is 15.0. The van der Waals surface area contributed by atoms with Crippen LogP contribution in [0.1, 0.15) is 34.6 Å². The van der Waals surface area contributed by atoms with Crippen LogP contribution >= 0.6 is 12.4 Å². The van der Waals surface area contributed by atoms with Crippen molar-refractivity contribution in [3.63, 3.8) is 0 Å². The molecule has 106 valence electrons. The van der Waals surface area contributed by atoms with E-state index < -0.39 is 0 Å². The second kappa shape index (κ2) is 6.38. The molecule has 0 aliphatic heterocycles. The third-order valence-corrected chi connectivity index (χ3v) is 4.03. The molecule has 0 aromatic heterocycles. The fourth-order valence-corrected chi connectivity index (χ4v) is 3.13. The first-order chi connectivity index (χ1) is 9.29. The van der Waals surface area contributed by atoms with Crippen LogP contribution < -0.4 is 5.73 Å². The molecule has 0 spiro atoms. The Morgan fingerprint density at radius 3 is 2.45 bits per heavy atom. The van der Waals surface area contributed by atoms with Gasteiger partial charge < -0.3 is 5.73 Å². The van der Waals surface area contributed by atoms with E-state index in [0.717, 1.165) is 24.8 Å². The summed E-state index contributed by atoms with van der Waals surface area (Å²) in [6, 6.07) is 13.7. The molecule has 1 aliphatic rings. The Morgan fingerprint density at radius 1 is 1.00 bits per heavy atom. The van der Waals surface area contributed by atoms with Crippen molar-refractivity contribution in [1.82, 2.24) is 0 Å². The molecule has 0 amide bonds. The second-order valence-electron chi connectivity index (χ2n) is 5.17. The van der Waals surface area contributed by atoms with E-state index >= 15 is 0 Å². The average molecular weight is 292 g/mol. The van der Waals surface area contributed by atoms with Gasteiger partial charge in [0.05, 0.1) is 0 Å². The molecule has 3 heteroatoms. The molecule has 1 aliphatic carbocycles. The summed E-state index contributed by atoms with van der Waals surface area (Å²) in [5, 5.41) is 0. The highest BCUT2D eigenvalue weighted by atomic mass is 35.5. The molecule has 0 radical (unpaired) electrons. The summed E-state index contributed by atoms with van der Waals surface area (Å²) in [6.45, 7) is 0.620. The molecule has 1 atom stereocenters. The van der Waals surface area contributed by atoms with Gasteiger partial charge in [0.1, 0.15) is 5.82 Å². The summed E-state index contributed by atoms with van der Waals surface area (Å²) in [5.41, 5.74) is 10.8. The second-order valence-corrected chi connectivity index (χ2v) is 5.17. The molecule has 2 N–H and O–H groups in total. The Morgan fingerprint density at radius 2 is 1.70 bits per heavy atom. The third kappa shape index (κ3) is 2.72. The van der Waals surface area contributed by atoms with Crippen LogP contribution in [0.5, 0.6) is 0 Å². The van der Waals surface area contributed by atoms with Crippen molar-refractivity contribution in [3.05, 3.63) is 70.5 Å². The van der Waals surface area contributed by atoms with Crippen molar-refractivity contribution in [2.75, 3.05) is 6.54 Å². The lowest BCUT2D eigenvalue weighted by Crippen LogP contribution is -2.10. The Labute approximate surface area is 125 Å². The minimum atomic E-state index is -0.153. The Hall–Kier alpha value is -1.38. The fraction of sp³-hybridized carbons (Fsp3) is 0.294. The van der Waals surface area contributed by atoms with E-state index in [4.69, 9.17) is 5.73 Å². The lowest BCUT2D eigenvalue weighted by atomic mass is 9.85. The summed E-state index contributed by atoms with van der Waals surface area (Å²) < 4.78 is 13.6. The van der Waals surface area contributed by atoms with Crippen LogP contribution in [-0.2, 0) is 12.8 Å². The zero-order valence-electron chi connectivity index (χ0n) is 11.3. The number of hydrogen-bond acceptors (Lipinski definition) is 1. The van der Waals surface area contributed by atoms with E-state index in [-0.39, 0.29) is 24.1 Å². The standard InChI is InChI=1S/C17H18FN.ClH/c18-14-8-7-13-6-5-12-3-1-2-4-15(12)16(9-10-19)17(13)11-14;/h1-4,7-8,11,16H,5-6,9-10,19H2;1H. The van der Waals surface area contributed by atoms with Gasteiger partial charge in [-0.05, 0) is 60.2 Å². The van der Waals surface area contributed by atoms with E-state index in [9.17, 15) is 4.39 Å². The molecular weight excluding hydrogens is 273 g/mol. The molecule has 0 heterocycles. The summed E-state index contributed by atoms with van der Waals surface area (Å²) in [5.74, 6) is 0.0783. The minimum absolute atomic E-state index is 0. The smallest absolute Gasteiger partial charge is 0.123 e. The number of nitrogens with two attached hydrogens (primary N) is 1. The lowest BCUT2D eigenvalue weighted by Gasteiger charge is -2.19. The predicted molar refractivity (Wildman–Crippen MR) is 83.0 cm³/mol. The maximum absolute atomic E-state index is 13.6. The fourth-order valence-electron chi connectivity index (χ4n) is 3.13. The maximum atomic E-state index is 13.6. The largest absolute Gasteiger partial charge is 0.330 e. The molecule has 2 aromatic rings. The molecule has 3 rings (SSSR count). The zero-order valence-corrected chi connectivity index (χ0v) is 12.1. The van der Waals surface area contributed by atoms with Gasteiger partial charge in [0, 0.05) is 5.92 Å². The van der Waals surface area contributed by atoms with Gasteiger partial charge in [0.25, 0.3) is 0 Å². The van der Waals surface area contributed by atoms with Crippen molar-refractivity contribution in [2.45, 2.75) is 25.2 Å². The van der Waals surface area contributed by atoms with Gasteiger partial charge in [-0.1, -0.05) is 30.3 Å². The highest BCUT2D eigenvalue weighted by molar-refractivity contribution is 5.85. The summed E-state index contributed by atoms with van der Waals surface area (Å²) in [7, 11) is 0. The topological polar surface area (TPSA) is 26.0 Å². The number of halogens is 2. The van der Waals surface area contributed by atoms with E-state index in [1.807, 2.05) is 6.07 Å². The van der Waals surface area contributed by atoms with Gasteiger partial charge in [0.2, 0.25) is 0 Å². The number of benzene rings is 2. The molecule has 0 fully saturated rings. The number of rotatable bonds is 2. The van der Waals surface area contributed by atoms with Crippen LogP contribution in [0.2, 0.25) is 0 Å². The van der Waals surface area contributed by atoms with Crippen LogP contribution in [0.15, 0.2) is 42.5 Å². The Bertz CT molecular complexity index is 597. The summed E-state index contributed by atoms with van der Waals surface area (Å²) in [4.78, 5) is 0. The van der Waals surface area contributed by atoms with E-state index in [1.54, 1.807) is 12.1 Å². The van der Waals surface area contributed by atoms with Crippen LogP contribution in [-0.4, -0.2) is 6.54 Å². The van der Waals surface area contributed by atoms with Gasteiger partial charge >= 0.3 is 0 Å². The SMILES string of the molecule is Cl.NCCC1c2ccccc2CCc2ccc(F)cc21. The summed E-state index contributed by atoms with van der Waals surface area (Å²) in [6.07, 6.45) is 2.87. The molecule has 1 unspecified atom stereocenters. The van der Waals surface area contributed by atoms with E-state index in [1.165, 1.54) is 16.7 Å². The molecular formula is C17H19ClFN. The van der Waals surface area contributed by atoms with Gasteiger partial charge in [-0.2, -0.15) is 0 Å². The van der Waals surface area contributed by atoms with Crippen molar-refractivity contribution in [1.29, 1.82) is 0 Å². The van der Waals surface area contributed by atoms with Gasteiger partial charge in [-0.3, -0.25) is 0 Å². The van der Waals surface area contributed by atoms with E-state index in [0.29, 0.717) is 6.54 Å². The highest BCUT2D eigenvalue weighted by Crippen LogP contribution is 2.36. The van der Waals surface area contributed by atoms with Crippen LogP contribution in [0.4, 0.5) is 4.39 Å². The number of aryl methyl sites for hydroxylation is 2. The highest BCUT2D eigenvalue weighted by Gasteiger charge is 2.23. The molecule has 0 bridgehead atoms. The quantitative estimate of drug-likeness (QED) is 0.894. The zero-order chi connectivity index (χ0) is 13.2. The minimum Gasteiger partial charge on any atom is -0.330 e. The normalized spacial score (nSPS) is 16.6. The van der Waals surface area contributed by atoms with Gasteiger partial charge in [-0.15, -0.1) is 12.4 Å². The monoisotopic (exact) mass is 291 g/mol. The van der Waals surface area contributed by atoms with Gasteiger partial charge in [0.15, 0.2) is 0 Å². The number of hydrogen-bond donors (Lipinski definition) is 1. The van der Waals surface area contributed by atoms with Gasteiger partial charge in [-0.25, -0.2) is 4.39 Å². The molecule has 1 nitrogen and oxygen atoms in total.